The van der Waals surface area contributed by atoms with Crippen LogP contribution >= 0.6 is 12.4 Å². The average Bonchev–Trinajstić information content (AvgIpc) is 3.59. The second-order valence-corrected chi connectivity index (χ2v) is 8.95. The number of hydrogen-bond donors (Lipinski definition) is 4. The zero-order valence-corrected chi connectivity index (χ0v) is 20.4. The van der Waals surface area contributed by atoms with E-state index in [2.05, 4.69) is 25.6 Å². The van der Waals surface area contributed by atoms with Crippen LogP contribution in [0.3, 0.4) is 0 Å². The number of nitrogens with zero attached hydrogens (tertiary/aromatic N) is 2. The number of aromatic nitrogens is 3. The summed E-state index contributed by atoms with van der Waals surface area (Å²) in [5.74, 6) is 0.182. The molecule has 3 heterocycles. The summed E-state index contributed by atoms with van der Waals surface area (Å²) < 4.78 is 25.9. The third kappa shape index (κ3) is 5.05. The van der Waals surface area contributed by atoms with Gasteiger partial charge in [0, 0.05) is 23.9 Å². The number of piperidine rings is 1. The number of carbonyl (C=O) groups excluding carboxylic acids is 1. The molecule has 1 saturated carbocycles. The maximum Gasteiger partial charge on any atom is 0.255 e. The van der Waals surface area contributed by atoms with Gasteiger partial charge in [-0.3, -0.25) is 4.79 Å². The summed E-state index contributed by atoms with van der Waals surface area (Å²) in [7, 11) is 1.41. The van der Waals surface area contributed by atoms with Crippen LogP contribution in [0.25, 0.3) is 22.3 Å². The molecule has 2 fully saturated rings. The van der Waals surface area contributed by atoms with E-state index in [-0.39, 0.29) is 30.1 Å². The molecule has 0 spiro atoms. The highest BCUT2D eigenvalue weighted by Gasteiger charge is 2.29. The van der Waals surface area contributed by atoms with Gasteiger partial charge in [-0.2, -0.15) is 0 Å². The Morgan fingerprint density at radius 1 is 1.26 bits per heavy atom. The van der Waals surface area contributed by atoms with Gasteiger partial charge in [0.05, 0.1) is 36.9 Å². The van der Waals surface area contributed by atoms with Crippen molar-refractivity contribution in [1.82, 2.24) is 25.6 Å². The van der Waals surface area contributed by atoms with Crippen molar-refractivity contribution < 1.29 is 23.8 Å². The first-order valence-electron chi connectivity index (χ1n) is 11.5. The largest absolute Gasteiger partial charge is 0.494 e. The van der Waals surface area contributed by atoms with Crippen LogP contribution in [0.2, 0.25) is 0 Å². The molecule has 1 aliphatic heterocycles. The van der Waals surface area contributed by atoms with E-state index in [1.54, 1.807) is 6.92 Å². The number of carbonyl (C=O) groups is 1. The molecule has 35 heavy (non-hydrogen) atoms. The molecule has 2 aromatic heterocycles. The standard InChI is InChI=1S/C24H28FN5O4.ClH/c1-12-20(24(32)30-16-5-6-26-9-17(16)31)22-23(29-12)21(27-11-28-22)14-7-15(25)19(33-2)8-18(14)34-10-13-3-4-13;/h7-8,11,13,16-17,26,29,31H,3-6,9-10H2,1-2H3,(H,30,32);1H/t16-,17-;/m1./s1. The number of H-pyrrole nitrogens is 1. The number of benzene rings is 1. The Labute approximate surface area is 208 Å². The van der Waals surface area contributed by atoms with Gasteiger partial charge in [-0.05, 0) is 44.7 Å². The number of aryl methyl sites for hydroxylation is 1. The van der Waals surface area contributed by atoms with Gasteiger partial charge in [-0.15, -0.1) is 12.4 Å². The van der Waals surface area contributed by atoms with Crippen LogP contribution in [-0.2, 0) is 0 Å². The van der Waals surface area contributed by atoms with Crippen LogP contribution in [0.4, 0.5) is 4.39 Å². The van der Waals surface area contributed by atoms with Gasteiger partial charge in [-0.25, -0.2) is 14.4 Å². The van der Waals surface area contributed by atoms with Gasteiger partial charge in [-0.1, -0.05) is 0 Å². The maximum absolute atomic E-state index is 14.7. The molecule has 1 aliphatic carbocycles. The quantitative estimate of drug-likeness (QED) is 0.389. The van der Waals surface area contributed by atoms with Crippen molar-refractivity contribution in [3.63, 3.8) is 0 Å². The Hall–Kier alpha value is -2.95. The van der Waals surface area contributed by atoms with Crippen LogP contribution in [-0.4, -0.2) is 64.9 Å². The fourth-order valence-corrected chi connectivity index (χ4v) is 4.34. The molecule has 0 bridgehead atoms. The summed E-state index contributed by atoms with van der Waals surface area (Å²) in [5.41, 5.74) is 2.80. The van der Waals surface area contributed by atoms with Gasteiger partial charge in [0.1, 0.15) is 23.3 Å². The van der Waals surface area contributed by atoms with Crippen molar-refractivity contribution in [2.75, 3.05) is 26.8 Å². The van der Waals surface area contributed by atoms with E-state index in [4.69, 9.17) is 9.47 Å². The van der Waals surface area contributed by atoms with E-state index in [0.29, 0.717) is 71.3 Å². The number of aliphatic hydroxyl groups is 1. The molecule has 188 valence electrons. The molecule has 0 radical (unpaired) electrons. The Morgan fingerprint density at radius 3 is 2.77 bits per heavy atom. The first kappa shape index (κ1) is 25.2. The molecule has 4 N–H and O–H groups in total. The molecular weight excluding hydrogens is 477 g/mol. The smallest absolute Gasteiger partial charge is 0.255 e. The molecule has 0 unspecified atom stereocenters. The Kier molecular flexibility index (Phi) is 7.44. The normalized spacial score (nSPS) is 19.8. The van der Waals surface area contributed by atoms with Gasteiger partial charge in [0.25, 0.3) is 5.91 Å². The highest BCUT2D eigenvalue weighted by molar-refractivity contribution is 6.09. The molecule has 9 nitrogen and oxygen atoms in total. The number of aromatic amines is 1. The number of ether oxygens (including phenoxy) is 2. The lowest BCUT2D eigenvalue weighted by Crippen LogP contribution is -2.52. The fourth-order valence-electron chi connectivity index (χ4n) is 4.34. The zero-order valence-electron chi connectivity index (χ0n) is 19.6. The first-order valence-corrected chi connectivity index (χ1v) is 11.5. The molecule has 11 heteroatoms. The van der Waals surface area contributed by atoms with Crippen molar-refractivity contribution in [3.05, 3.63) is 35.5 Å². The van der Waals surface area contributed by atoms with E-state index in [9.17, 15) is 14.3 Å². The van der Waals surface area contributed by atoms with Gasteiger partial charge in [0.15, 0.2) is 11.6 Å². The third-order valence-electron chi connectivity index (χ3n) is 6.45. The molecule has 1 saturated heterocycles. The minimum absolute atomic E-state index is 0. The molecule has 3 aromatic rings. The number of aliphatic hydroxyl groups excluding tert-OH is 1. The molecule has 1 amide bonds. The monoisotopic (exact) mass is 505 g/mol. The van der Waals surface area contributed by atoms with E-state index < -0.39 is 11.9 Å². The number of halogens is 2. The second-order valence-electron chi connectivity index (χ2n) is 8.95. The summed E-state index contributed by atoms with van der Waals surface area (Å²) in [6.07, 6.45) is 3.55. The lowest BCUT2D eigenvalue weighted by atomic mass is 10.0. The van der Waals surface area contributed by atoms with Crippen LogP contribution in [0.5, 0.6) is 11.5 Å². The number of hydrogen-bond acceptors (Lipinski definition) is 7. The SMILES string of the molecule is COc1cc(OCC2CC2)c(-c2ncnc3c(C(=O)N[C@@H]4CCNC[C@H]4O)c(C)[nH]c23)cc1F.Cl. The lowest BCUT2D eigenvalue weighted by Gasteiger charge is -2.29. The second kappa shape index (κ2) is 10.3. The van der Waals surface area contributed by atoms with E-state index in [1.165, 1.54) is 25.6 Å². The van der Waals surface area contributed by atoms with Crippen LogP contribution in [0.15, 0.2) is 18.5 Å². The summed E-state index contributed by atoms with van der Waals surface area (Å²) >= 11 is 0. The summed E-state index contributed by atoms with van der Waals surface area (Å²) in [5, 5.41) is 16.2. The zero-order chi connectivity index (χ0) is 23.8. The number of nitrogens with one attached hydrogen (secondary N) is 3. The third-order valence-corrected chi connectivity index (χ3v) is 6.45. The molecular formula is C24H29ClFN5O4. The lowest BCUT2D eigenvalue weighted by molar-refractivity contribution is 0.0766. The summed E-state index contributed by atoms with van der Waals surface area (Å²) in [6, 6.07) is 2.52. The predicted molar refractivity (Wildman–Crippen MR) is 131 cm³/mol. The van der Waals surface area contributed by atoms with E-state index >= 15 is 0 Å². The topological polar surface area (TPSA) is 121 Å². The molecule has 2 aliphatic rings. The summed E-state index contributed by atoms with van der Waals surface area (Å²) in [4.78, 5) is 25.1. The Balaban J connectivity index is 0.00000289. The van der Waals surface area contributed by atoms with Gasteiger partial charge in [0.2, 0.25) is 0 Å². The molecule has 5 rings (SSSR count). The van der Waals surface area contributed by atoms with Crippen LogP contribution in [0.1, 0.15) is 35.3 Å². The van der Waals surface area contributed by atoms with Crippen molar-refractivity contribution >= 4 is 29.3 Å². The Morgan fingerprint density at radius 2 is 2.06 bits per heavy atom. The minimum atomic E-state index is -0.665. The average molecular weight is 506 g/mol. The summed E-state index contributed by atoms with van der Waals surface area (Å²) in [6.45, 7) is 3.45. The van der Waals surface area contributed by atoms with E-state index in [0.717, 1.165) is 12.8 Å². The van der Waals surface area contributed by atoms with Crippen LogP contribution in [0, 0.1) is 18.7 Å². The molecule has 2 atom stereocenters. The fraction of sp³-hybridized carbons (Fsp3) is 0.458. The number of β-amino-alcohol motifs (C(OH)–C–C–N with tert-alkyl or cyclic N) is 1. The highest BCUT2D eigenvalue weighted by atomic mass is 35.5. The predicted octanol–water partition coefficient (Wildman–Crippen LogP) is 2.74. The molecule has 1 aromatic carbocycles. The van der Waals surface area contributed by atoms with Gasteiger partial charge < -0.3 is 30.2 Å². The number of rotatable bonds is 7. The van der Waals surface area contributed by atoms with Crippen LogP contribution < -0.4 is 20.1 Å². The minimum Gasteiger partial charge on any atom is -0.494 e. The van der Waals surface area contributed by atoms with Crippen molar-refractivity contribution in [2.24, 2.45) is 5.92 Å². The van der Waals surface area contributed by atoms with Crippen molar-refractivity contribution in [3.8, 4) is 22.8 Å². The first-order chi connectivity index (χ1) is 16.5. The van der Waals surface area contributed by atoms with Gasteiger partial charge >= 0.3 is 0 Å². The Bertz CT molecular complexity index is 1230. The highest BCUT2D eigenvalue weighted by Crippen LogP contribution is 2.39. The maximum atomic E-state index is 14.7. The number of methoxy groups -OCH3 is 1. The van der Waals surface area contributed by atoms with Crippen molar-refractivity contribution in [1.29, 1.82) is 0 Å². The number of fused-ring (bicyclic) bond motifs is 1. The van der Waals surface area contributed by atoms with E-state index in [1.807, 2.05) is 0 Å². The number of amides is 1. The van der Waals surface area contributed by atoms with Crippen molar-refractivity contribution in [2.45, 2.75) is 38.3 Å².